The minimum atomic E-state index is -3.72. The molecule has 8 nitrogen and oxygen atoms in total. The van der Waals surface area contributed by atoms with Crippen molar-refractivity contribution in [1.82, 2.24) is 9.62 Å². The Labute approximate surface area is 164 Å². The number of likely N-dealkylation sites (N-methyl/N-ethyl adjacent to an activating group) is 1. The summed E-state index contributed by atoms with van der Waals surface area (Å²) in [6.45, 7) is 1.32. The number of rotatable bonds is 6. The van der Waals surface area contributed by atoms with E-state index in [2.05, 4.69) is 10.6 Å². The number of hydrogen-bond acceptors (Lipinski definition) is 5. The molecule has 0 spiro atoms. The smallest absolute Gasteiger partial charge is 0.243 e. The largest absolute Gasteiger partial charge is 0.360 e. The number of hydrogen-bond donors (Lipinski definition) is 2. The molecule has 2 aromatic carbocycles. The normalized spacial score (nSPS) is 14.6. The van der Waals surface area contributed by atoms with E-state index < -0.39 is 15.9 Å². The third-order valence-electron chi connectivity index (χ3n) is 4.37. The second kappa shape index (κ2) is 8.41. The van der Waals surface area contributed by atoms with Crippen molar-refractivity contribution in [3.63, 3.8) is 0 Å². The lowest BCUT2D eigenvalue weighted by Gasteiger charge is -2.28. The number of nitrogens with one attached hydrogen (secondary N) is 2. The number of piperazine rings is 1. The standard InChI is InChI=1S/C19H22N4O4S/c1-22(28(26,27)17-5-3-2-4-6-17)13-19(25)21-15-7-9-16(10-8-15)23-12-11-20-18(24)14-23/h2-10H,11-14H2,1H3,(H,20,24)(H,21,25). The van der Waals surface area contributed by atoms with Crippen molar-refractivity contribution in [2.45, 2.75) is 4.90 Å². The van der Waals surface area contributed by atoms with Gasteiger partial charge in [0.2, 0.25) is 21.8 Å². The fraction of sp³-hybridized carbons (Fsp3) is 0.263. The average molecular weight is 402 g/mol. The van der Waals surface area contributed by atoms with Crippen molar-refractivity contribution in [2.75, 3.05) is 43.4 Å². The number of nitrogens with zero attached hydrogens (tertiary/aromatic N) is 2. The Morgan fingerprint density at radius 2 is 1.82 bits per heavy atom. The van der Waals surface area contributed by atoms with Crippen LogP contribution in [0.15, 0.2) is 59.5 Å². The van der Waals surface area contributed by atoms with E-state index in [0.29, 0.717) is 18.8 Å². The summed E-state index contributed by atoms with van der Waals surface area (Å²) in [5, 5.41) is 5.46. The summed E-state index contributed by atoms with van der Waals surface area (Å²) in [7, 11) is -2.36. The van der Waals surface area contributed by atoms with Crippen LogP contribution < -0.4 is 15.5 Å². The highest BCUT2D eigenvalue weighted by Crippen LogP contribution is 2.19. The quantitative estimate of drug-likeness (QED) is 0.748. The predicted molar refractivity (Wildman–Crippen MR) is 107 cm³/mol. The van der Waals surface area contributed by atoms with E-state index in [-0.39, 0.29) is 17.3 Å². The van der Waals surface area contributed by atoms with Crippen LogP contribution in [0.4, 0.5) is 11.4 Å². The number of carbonyl (C=O) groups is 2. The van der Waals surface area contributed by atoms with E-state index >= 15 is 0 Å². The lowest BCUT2D eigenvalue weighted by molar-refractivity contribution is -0.120. The van der Waals surface area contributed by atoms with Crippen LogP contribution in [0.25, 0.3) is 0 Å². The number of sulfonamides is 1. The summed E-state index contributed by atoms with van der Waals surface area (Å²) in [6.07, 6.45) is 0. The van der Waals surface area contributed by atoms with Crippen molar-refractivity contribution in [2.24, 2.45) is 0 Å². The molecule has 0 radical (unpaired) electrons. The zero-order chi connectivity index (χ0) is 20.1. The number of benzene rings is 2. The molecule has 0 unspecified atom stereocenters. The van der Waals surface area contributed by atoms with Crippen molar-refractivity contribution in [3.8, 4) is 0 Å². The maximum absolute atomic E-state index is 12.5. The van der Waals surface area contributed by atoms with Crippen molar-refractivity contribution in [3.05, 3.63) is 54.6 Å². The van der Waals surface area contributed by atoms with E-state index in [9.17, 15) is 18.0 Å². The van der Waals surface area contributed by atoms with Crippen LogP contribution in [0.2, 0.25) is 0 Å². The average Bonchev–Trinajstić information content (AvgIpc) is 2.69. The van der Waals surface area contributed by atoms with Gasteiger partial charge in [-0.05, 0) is 36.4 Å². The van der Waals surface area contributed by atoms with Crippen molar-refractivity contribution >= 4 is 33.2 Å². The van der Waals surface area contributed by atoms with Gasteiger partial charge < -0.3 is 15.5 Å². The first kappa shape index (κ1) is 19.8. The van der Waals surface area contributed by atoms with Crippen LogP contribution in [0, 0.1) is 0 Å². The molecule has 3 rings (SSSR count). The van der Waals surface area contributed by atoms with Gasteiger partial charge in [0.15, 0.2) is 0 Å². The first-order valence-corrected chi connectivity index (χ1v) is 10.2. The zero-order valence-corrected chi connectivity index (χ0v) is 16.3. The van der Waals surface area contributed by atoms with Crippen LogP contribution in [-0.4, -0.2) is 57.8 Å². The molecule has 1 aliphatic rings. The van der Waals surface area contributed by atoms with Crippen LogP contribution in [0.1, 0.15) is 0 Å². The fourth-order valence-corrected chi connectivity index (χ4v) is 4.02. The molecule has 1 fully saturated rings. The molecule has 1 aliphatic heterocycles. The van der Waals surface area contributed by atoms with Crippen molar-refractivity contribution in [1.29, 1.82) is 0 Å². The number of anilines is 2. The van der Waals surface area contributed by atoms with Gasteiger partial charge in [0.25, 0.3) is 0 Å². The fourth-order valence-electron chi connectivity index (χ4n) is 2.87. The summed E-state index contributed by atoms with van der Waals surface area (Å²) >= 11 is 0. The molecule has 0 saturated carbocycles. The van der Waals surface area contributed by atoms with Crippen LogP contribution in [0.5, 0.6) is 0 Å². The van der Waals surface area contributed by atoms with Crippen LogP contribution in [0.3, 0.4) is 0 Å². The van der Waals surface area contributed by atoms with E-state index in [1.165, 1.54) is 19.2 Å². The molecule has 1 saturated heterocycles. The molecule has 0 aromatic heterocycles. The van der Waals surface area contributed by atoms with Gasteiger partial charge >= 0.3 is 0 Å². The zero-order valence-electron chi connectivity index (χ0n) is 15.5. The minimum Gasteiger partial charge on any atom is -0.360 e. The second-order valence-corrected chi connectivity index (χ2v) is 8.49. The maximum atomic E-state index is 12.5. The SMILES string of the molecule is CN(CC(=O)Nc1ccc(N2CCNC(=O)C2)cc1)S(=O)(=O)c1ccccc1. The Hall–Kier alpha value is -2.91. The third kappa shape index (κ3) is 4.68. The highest BCUT2D eigenvalue weighted by Gasteiger charge is 2.22. The van der Waals surface area contributed by atoms with Gasteiger partial charge in [-0.1, -0.05) is 18.2 Å². The predicted octanol–water partition coefficient (Wildman–Crippen LogP) is 0.882. The molecule has 0 bridgehead atoms. The molecule has 148 valence electrons. The monoisotopic (exact) mass is 402 g/mol. The molecular formula is C19H22N4O4S. The lowest BCUT2D eigenvalue weighted by Crippen LogP contribution is -2.47. The van der Waals surface area contributed by atoms with Gasteiger partial charge in [0.05, 0.1) is 18.0 Å². The first-order valence-electron chi connectivity index (χ1n) is 8.79. The Morgan fingerprint density at radius 3 is 2.46 bits per heavy atom. The van der Waals surface area contributed by atoms with Crippen LogP contribution >= 0.6 is 0 Å². The van der Waals surface area contributed by atoms with E-state index in [1.54, 1.807) is 30.3 Å². The summed E-state index contributed by atoms with van der Waals surface area (Å²) in [5.41, 5.74) is 1.44. The van der Waals surface area contributed by atoms with E-state index in [1.807, 2.05) is 17.0 Å². The molecule has 0 aliphatic carbocycles. The Bertz CT molecular complexity index is 946. The highest BCUT2D eigenvalue weighted by molar-refractivity contribution is 7.89. The van der Waals surface area contributed by atoms with Gasteiger partial charge in [0.1, 0.15) is 0 Å². The van der Waals surface area contributed by atoms with Gasteiger partial charge in [-0.3, -0.25) is 9.59 Å². The third-order valence-corrected chi connectivity index (χ3v) is 6.19. The number of amides is 2. The molecule has 2 amide bonds. The van der Waals surface area contributed by atoms with Gasteiger partial charge in [-0.2, -0.15) is 4.31 Å². The first-order chi connectivity index (χ1) is 13.4. The summed E-state index contributed by atoms with van der Waals surface area (Å²) in [6, 6.07) is 15.1. The van der Waals surface area contributed by atoms with E-state index in [0.717, 1.165) is 16.5 Å². The molecule has 2 N–H and O–H groups in total. The van der Waals surface area contributed by atoms with E-state index in [4.69, 9.17) is 0 Å². The summed E-state index contributed by atoms with van der Waals surface area (Å²) in [4.78, 5) is 25.8. The molecule has 9 heteroatoms. The molecular weight excluding hydrogens is 380 g/mol. The number of carbonyl (C=O) groups excluding carboxylic acids is 2. The van der Waals surface area contributed by atoms with Gasteiger partial charge in [-0.25, -0.2) is 8.42 Å². The Morgan fingerprint density at radius 1 is 1.14 bits per heavy atom. The molecule has 0 atom stereocenters. The second-order valence-electron chi connectivity index (χ2n) is 6.44. The van der Waals surface area contributed by atoms with Gasteiger partial charge in [-0.15, -0.1) is 0 Å². The molecule has 1 heterocycles. The lowest BCUT2D eigenvalue weighted by atomic mass is 10.2. The maximum Gasteiger partial charge on any atom is 0.243 e. The Balaban J connectivity index is 1.59. The summed E-state index contributed by atoms with van der Waals surface area (Å²) in [5.74, 6) is -0.460. The Kier molecular flexibility index (Phi) is 5.96. The topological polar surface area (TPSA) is 98.8 Å². The highest BCUT2D eigenvalue weighted by atomic mass is 32.2. The van der Waals surface area contributed by atoms with Crippen LogP contribution in [-0.2, 0) is 19.6 Å². The summed E-state index contributed by atoms with van der Waals surface area (Å²) < 4.78 is 26.0. The molecule has 28 heavy (non-hydrogen) atoms. The minimum absolute atomic E-state index is 0.0220. The van der Waals surface area contributed by atoms with Gasteiger partial charge in [0, 0.05) is 31.5 Å². The molecule has 2 aromatic rings. The van der Waals surface area contributed by atoms with Crippen molar-refractivity contribution < 1.29 is 18.0 Å².